The lowest BCUT2D eigenvalue weighted by Gasteiger charge is -2.20. The van der Waals surface area contributed by atoms with Crippen LogP contribution in [0, 0.1) is 13.8 Å². The summed E-state index contributed by atoms with van der Waals surface area (Å²) in [5.41, 5.74) is 3.65. The van der Waals surface area contributed by atoms with E-state index < -0.39 is 0 Å². The highest BCUT2D eigenvalue weighted by Crippen LogP contribution is 2.26. The van der Waals surface area contributed by atoms with E-state index in [0.717, 1.165) is 29.8 Å². The molecule has 0 aliphatic heterocycles. The minimum absolute atomic E-state index is 0.0679. The van der Waals surface area contributed by atoms with Crippen LogP contribution in [0.4, 0.5) is 5.69 Å². The van der Waals surface area contributed by atoms with Gasteiger partial charge >= 0.3 is 0 Å². The molecule has 1 aromatic heterocycles. The van der Waals surface area contributed by atoms with Crippen LogP contribution in [0.2, 0.25) is 5.02 Å². The van der Waals surface area contributed by atoms with Crippen molar-refractivity contribution in [1.82, 2.24) is 15.1 Å². The van der Waals surface area contributed by atoms with Crippen LogP contribution < -0.4 is 5.32 Å². The number of halogens is 1. The van der Waals surface area contributed by atoms with Crippen LogP contribution in [-0.2, 0) is 11.3 Å². The van der Waals surface area contributed by atoms with Gasteiger partial charge in [0.2, 0.25) is 17.7 Å². The van der Waals surface area contributed by atoms with E-state index in [1.807, 2.05) is 55.1 Å². The number of anilines is 1. The molecule has 0 radical (unpaired) electrons. The molecule has 0 fully saturated rings. The Balaban J connectivity index is 1.67. The molecule has 7 heteroatoms. The highest BCUT2D eigenvalue weighted by Gasteiger charge is 2.17. The first-order valence-electron chi connectivity index (χ1n) is 9.63. The Hall–Kier alpha value is -2.70. The van der Waals surface area contributed by atoms with Gasteiger partial charge in [-0.25, -0.2) is 0 Å². The van der Waals surface area contributed by atoms with Gasteiger partial charge in [-0.1, -0.05) is 48.9 Å². The monoisotopic (exact) mass is 412 g/mol. The van der Waals surface area contributed by atoms with E-state index in [1.54, 1.807) is 6.07 Å². The lowest BCUT2D eigenvalue weighted by Crippen LogP contribution is -2.33. The zero-order chi connectivity index (χ0) is 20.8. The third kappa shape index (κ3) is 5.43. The van der Waals surface area contributed by atoms with Gasteiger partial charge in [0.25, 0.3) is 0 Å². The van der Waals surface area contributed by atoms with Gasteiger partial charge < -0.3 is 9.73 Å². The molecule has 0 spiro atoms. The van der Waals surface area contributed by atoms with Crippen LogP contribution in [0.1, 0.15) is 30.4 Å². The van der Waals surface area contributed by atoms with Crippen molar-refractivity contribution < 1.29 is 9.21 Å². The second-order valence-electron chi connectivity index (χ2n) is 7.01. The standard InChI is InChI=1S/C22H25ClN4O2/c1-4-12-27(13-19(28)24-21-15(2)8-7-9-16(21)3)14-20-25-26-22(29-20)17-10-5-6-11-18(17)23/h5-11H,4,12-14H2,1-3H3,(H,24,28). The summed E-state index contributed by atoms with van der Waals surface area (Å²) in [7, 11) is 0. The number of carbonyl (C=O) groups excluding carboxylic acids is 1. The fourth-order valence-corrected chi connectivity index (χ4v) is 3.39. The van der Waals surface area contributed by atoms with Crippen molar-refractivity contribution in [3.8, 4) is 11.5 Å². The van der Waals surface area contributed by atoms with E-state index in [0.29, 0.717) is 28.9 Å². The van der Waals surface area contributed by atoms with Gasteiger partial charge in [0.15, 0.2) is 0 Å². The zero-order valence-corrected chi connectivity index (χ0v) is 17.7. The first kappa shape index (κ1) is 21.0. The van der Waals surface area contributed by atoms with E-state index in [1.165, 1.54) is 0 Å². The lowest BCUT2D eigenvalue weighted by atomic mass is 10.1. The van der Waals surface area contributed by atoms with Gasteiger partial charge in [-0.05, 0) is 50.1 Å². The number of para-hydroxylation sites is 1. The SMILES string of the molecule is CCCN(CC(=O)Nc1c(C)cccc1C)Cc1nnc(-c2ccccc2Cl)o1. The van der Waals surface area contributed by atoms with Crippen molar-refractivity contribution in [3.63, 3.8) is 0 Å². The fraction of sp³-hybridized carbons (Fsp3) is 0.318. The third-order valence-electron chi connectivity index (χ3n) is 4.58. The predicted molar refractivity (Wildman–Crippen MR) is 115 cm³/mol. The molecule has 29 heavy (non-hydrogen) atoms. The largest absolute Gasteiger partial charge is 0.419 e. The van der Waals surface area contributed by atoms with Crippen LogP contribution in [0.15, 0.2) is 46.9 Å². The summed E-state index contributed by atoms with van der Waals surface area (Å²) in [6, 6.07) is 13.3. The number of aryl methyl sites for hydroxylation is 2. The third-order valence-corrected chi connectivity index (χ3v) is 4.91. The number of carbonyl (C=O) groups is 1. The molecule has 0 aliphatic rings. The van der Waals surface area contributed by atoms with Crippen molar-refractivity contribution in [2.45, 2.75) is 33.7 Å². The number of hydrogen-bond acceptors (Lipinski definition) is 5. The van der Waals surface area contributed by atoms with Crippen molar-refractivity contribution in [1.29, 1.82) is 0 Å². The molecule has 152 valence electrons. The Kier molecular flexibility index (Phi) is 7.01. The molecule has 2 aromatic carbocycles. The van der Waals surface area contributed by atoms with Gasteiger partial charge in [0.1, 0.15) is 0 Å². The molecular formula is C22H25ClN4O2. The van der Waals surface area contributed by atoms with Crippen LogP contribution >= 0.6 is 11.6 Å². The molecule has 6 nitrogen and oxygen atoms in total. The summed E-state index contributed by atoms with van der Waals surface area (Å²) in [6.07, 6.45) is 0.905. The number of aromatic nitrogens is 2. The van der Waals surface area contributed by atoms with Crippen LogP contribution in [0.3, 0.4) is 0 Å². The first-order valence-corrected chi connectivity index (χ1v) is 10.0. The lowest BCUT2D eigenvalue weighted by molar-refractivity contribution is -0.117. The number of nitrogens with one attached hydrogen (secondary N) is 1. The van der Waals surface area contributed by atoms with Crippen molar-refractivity contribution in [2.75, 3.05) is 18.4 Å². The maximum absolute atomic E-state index is 12.6. The zero-order valence-electron chi connectivity index (χ0n) is 16.9. The Morgan fingerprint density at radius 3 is 2.52 bits per heavy atom. The van der Waals surface area contributed by atoms with Crippen LogP contribution in [0.25, 0.3) is 11.5 Å². The molecule has 0 saturated heterocycles. The molecule has 1 amide bonds. The maximum Gasteiger partial charge on any atom is 0.249 e. The Bertz CT molecular complexity index is 966. The molecule has 3 rings (SSSR count). The molecule has 1 heterocycles. The second kappa shape index (κ2) is 9.67. The summed E-state index contributed by atoms with van der Waals surface area (Å²) < 4.78 is 5.79. The number of hydrogen-bond donors (Lipinski definition) is 1. The molecule has 1 N–H and O–H groups in total. The van der Waals surface area contributed by atoms with E-state index in [4.69, 9.17) is 16.0 Å². The Labute approximate surface area is 175 Å². The first-order chi connectivity index (χ1) is 14.0. The minimum Gasteiger partial charge on any atom is -0.419 e. The molecule has 0 unspecified atom stereocenters. The van der Waals surface area contributed by atoms with Gasteiger partial charge in [-0.2, -0.15) is 0 Å². The Morgan fingerprint density at radius 2 is 1.83 bits per heavy atom. The van der Waals surface area contributed by atoms with E-state index in [-0.39, 0.29) is 12.5 Å². The maximum atomic E-state index is 12.6. The average molecular weight is 413 g/mol. The fourth-order valence-electron chi connectivity index (χ4n) is 3.18. The van der Waals surface area contributed by atoms with E-state index in [9.17, 15) is 4.79 Å². The highest BCUT2D eigenvalue weighted by molar-refractivity contribution is 6.33. The second-order valence-corrected chi connectivity index (χ2v) is 7.41. The average Bonchev–Trinajstić information content (AvgIpc) is 3.13. The van der Waals surface area contributed by atoms with E-state index in [2.05, 4.69) is 22.4 Å². The summed E-state index contributed by atoms with van der Waals surface area (Å²) >= 11 is 6.20. The predicted octanol–water partition coefficient (Wildman–Crippen LogP) is 4.86. The molecule has 0 atom stereocenters. The summed E-state index contributed by atoms with van der Waals surface area (Å²) in [5, 5.41) is 11.8. The number of nitrogens with zero attached hydrogens (tertiary/aromatic N) is 3. The smallest absolute Gasteiger partial charge is 0.249 e. The van der Waals surface area contributed by atoms with Gasteiger partial charge in [0, 0.05) is 5.69 Å². The highest BCUT2D eigenvalue weighted by atomic mass is 35.5. The summed E-state index contributed by atoms with van der Waals surface area (Å²) in [4.78, 5) is 14.6. The minimum atomic E-state index is -0.0679. The summed E-state index contributed by atoms with van der Waals surface area (Å²) in [6.45, 7) is 7.42. The van der Waals surface area contributed by atoms with Crippen LogP contribution in [-0.4, -0.2) is 34.1 Å². The van der Waals surface area contributed by atoms with Crippen molar-refractivity contribution in [3.05, 3.63) is 64.5 Å². The quantitative estimate of drug-likeness (QED) is 0.572. The summed E-state index contributed by atoms with van der Waals surface area (Å²) in [5.74, 6) is 0.761. The molecule has 3 aromatic rings. The van der Waals surface area contributed by atoms with Crippen LogP contribution in [0.5, 0.6) is 0 Å². The number of amides is 1. The van der Waals surface area contributed by atoms with Gasteiger partial charge in [-0.15, -0.1) is 10.2 Å². The van der Waals surface area contributed by atoms with Crippen molar-refractivity contribution >= 4 is 23.2 Å². The topological polar surface area (TPSA) is 71.3 Å². The molecule has 0 saturated carbocycles. The van der Waals surface area contributed by atoms with Gasteiger partial charge in [0.05, 0.1) is 23.7 Å². The van der Waals surface area contributed by atoms with Gasteiger partial charge in [-0.3, -0.25) is 9.69 Å². The normalized spacial score (nSPS) is 11.1. The number of benzene rings is 2. The van der Waals surface area contributed by atoms with Crippen molar-refractivity contribution in [2.24, 2.45) is 0 Å². The molecule has 0 bridgehead atoms. The Morgan fingerprint density at radius 1 is 1.10 bits per heavy atom. The molecule has 0 aliphatic carbocycles. The number of rotatable bonds is 8. The molecular weight excluding hydrogens is 388 g/mol. The van der Waals surface area contributed by atoms with E-state index >= 15 is 0 Å².